The third-order valence-electron chi connectivity index (χ3n) is 3.11. The van der Waals surface area contributed by atoms with Crippen molar-refractivity contribution in [3.8, 4) is 0 Å². The summed E-state index contributed by atoms with van der Waals surface area (Å²) in [5.74, 6) is 0.267. The maximum Gasteiger partial charge on any atom is 0.234 e. The molecule has 0 atom stereocenters. The molecule has 0 saturated carbocycles. The normalized spacial score (nSPS) is 10.4. The van der Waals surface area contributed by atoms with Crippen LogP contribution >= 0.6 is 23.4 Å². The van der Waals surface area contributed by atoms with Crippen molar-refractivity contribution < 1.29 is 4.79 Å². The molecule has 1 amide bonds. The lowest BCUT2D eigenvalue weighted by Crippen LogP contribution is -2.15. The van der Waals surface area contributed by atoms with E-state index in [0.717, 1.165) is 21.7 Å². The molecule has 0 bridgehead atoms. The molecule has 0 saturated heterocycles. The van der Waals surface area contributed by atoms with E-state index in [4.69, 9.17) is 17.3 Å². The molecule has 110 valence electrons. The molecule has 0 aliphatic rings. The first-order chi connectivity index (χ1) is 9.97. The van der Waals surface area contributed by atoms with Crippen LogP contribution in [0.1, 0.15) is 11.1 Å². The van der Waals surface area contributed by atoms with E-state index in [9.17, 15) is 4.79 Å². The number of carbonyl (C=O) groups excluding carboxylic acids is 1. The van der Waals surface area contributed by atoms with Crippen LogP contribution in [0.5, 0.6) is 0 Å². The van der Waals surface area contributed by atoms with Gasteiger partial charge in [-0.1, -0.05) is 23.7 Å². The fourth-order valence-corrected chi connectivity index (χ4v) is 2.89. The van der Waals surface area contributed by atoms with E-state index < -0.39 is 0 Å². The molecule has 5 heteroatoms. The molecule has 0 aromatic heterocycles. The van der Waals surface area contributed by atoms with Crippen molar-refractivity contribution in [3.63, 3.8) is 0 Å². The van der Waals surface area contributed by atoms with Crippen molar-refractivity contribution in [3.05, 3.63) is 52.5 Å². The number of nitrogens with one attached hydrogen (secondary N) is 1. The Labute approximate surface area is 133 Å². The molecule has 0 spiro atoms. The van der Waals surface area contributed by atoms with Gasteiger partial charge in [0.25, 0.3) is 0 Å². The zero-order valence-corrected chi connectivity index (χ0v) is 13.5. The van der Waals surface area contributed by atoms with Gasteiger partial charge in [0.05, 0.1) is 5.75 Å². The number of thioether (sulfide) groups is 1. The molecule has 21 heavy (non-hydrogen) atoms. The summed E-state index contributed by atoms with van der Waals surface area (Å²) >= 11 is 7.51. The summed E-state index contributed by atoms with van der Waals surface area (Å²) in [7, 11) is 0. The van der Waals surface area contributed by atoms with Gasteiger partial charge in [-0.25, -0.2) is 0 Å². The molecule has 2 aromatic carbocycles. The Kier molecular flexibility index (Phi) is 5.15. The molecule has 0 aliphatic carbocycles. The molecule has 2 aromatic rings. The van der Waals surface area contributed by atoms with E-state index in [1.54, 1.807) is 6.07 Å². The van der Waals surface area contributed by atoms with Crippen LogP contribution in [0.25, 0.3) is 0 Å². The monoisotopic (exact) mass is 320 g/mol. The maximum absolute atomic E-state index is 12.0. The molecular formula is C16H17ClN2OS. The van der Waals surface area contributed by atoms with E-state index in [-0.39, 0.29) is 5.91 Å². The number of nitrogen functional groups attached to an aromatic ring is 1. The first-order valence-electron chi connectivity index (χ1n) is 6.51. The largest absolute Gasteiger partial charge is 0.399 e. The second-order valence-corrected chi connectivity index (χ2v) is 6.20. The summed E-state index contributed by atoms with van der Waals surface area (Å²) in [5, 5.41) is 3.53. The maximum atomic E-state index is 12.0. The van der Waals surface area contributed by atoms with Crippen LogP contribution in [0.4, 0.5) is 11.4 Å². The molecule has 0 heterocycles. The SMILES string of the molecule is Cc1ccc(N)cc1SCC(=O)Nc1cccc(Cl)c1C. The second-order valence-electron chi connectivity index (χ2n) is 4.77. The Morgan fingerprint density at radius 1 is 1.29 bits per heavy atom. The lowest BCUT2D eigenvalue weighted by Gasteiger charge is -2.10. The van der Waals surface area contributed by atoms with E-state index in [1.807, 2.05) is 44.2 Å². The number of benzene rings is 2. The highest BCUT2D eigenvalue weighted by atomic mass is 35.5. The van der Waals surface area contributed by atoms with Crippen LogP contribution in [-0.2, 0) is 4.79 Å². The average molecular weight is 321 g/mol. The van der Waals surface area contributed by atoms with Gasteiger partial charge in [-0.3, -0.25) is 4.79 Å². The minimum atomic E-state index is -0.0628. The minimum Gasteiger partial charge on any atom is -0.399 e. The number of rotatable bonds is 4. The van der Waals surface area contributed by atoms with Gasteiger partial charge in [-0.05, 0) is 49.2 Å². The van der Waals surface area contributed by atoms with Crippen LogP contribution in [0, 0.1) is 13.8 Å². The molecule has 0 radical (unpaired) electrons. The molecule has 3 N–H and O–H groups in total. The molecule has 2 rings (SSSR count). The Morgan fingerprint density at radius 2 is 2.05 bits per heavy atom. The number of carbonyl (C=O) groups is 1. The van der Waals surface area contributed by atoms with Gasteiger partial charge < -0.3 is 11.1 Å². The van der Waals surface area contributed by atoms with Gasteiger partial charge in [-0.2, -0.15) is 0 Å². The highest BCUT2D eigenvalue weighted by Crippen LogP contribution is 2.26. The highest BCUT2D eigenvalue weighted by molar-refractivity contribution is 8.00. The summed E-state index contributed by atoms with van der Waals surface area (Å²) in [6.45, 7) is 3.88. The second kappa shape index (κ2) is 6.87. The van der Waals surface area contributed by atoms with Gasteiger partial charge in [0.15, 0.2) is 0 Å². The van der Waals surface area contributed by atoms with E-state index in [1.165, 1.54) is 11.8 Å². The predicted molar refractivity (Wildman–Crippen MR) is 91.1 cm³/mol. The Balaban J connectivity index is 1.99. The molecule has 0 fully saturated rings. The number of halogens is 1. The van der Waals surface area contributed by atoms with Gasteiger partial charge in [0.1, 0.15) is 0 Å². The van der Waals surface area contributed by atoms with Gasteiger partial charge in [-0.15, -0.1) is 11.8 Å². The van der Waals surface area contributed by atoms with Gasteiger partial charge in [0.2, 0.25) is 5.91 Å². The van der Waals surface area contributed by atoms with Crippen molar-refractivity contribution >= 4 is 40.6 Å². The van der Waals surface area contributed by atoms with Crippen molar-refractivity contribution in [2.24, 2.45) is 0 Å². The van der Waals surface area contributed by atoms with E-state index in [0.29, 0.717) is 16.5 Å². The van der Waals surface area contributed by atoms with Crippen molar-refractivity contribution in [2.45, 2.75) is 18.7 Å². The van der Waals surface area contributed by atoms with Gasteiger partial charge >= 0.3 is 0 Å². The lowest BCUT2D eigenvalue weighted by molar-refractivity contribution is -0.113. The lowest BCUT2D eigenvalue weighted by atomic mass is 10.2. The topological polar surface area (TPSA) is 55.1 Å². The van der Waals surface area contributed by atoms with Crippen molar-refractivity contribution in [1.29, 1.82) is 0 Å². The highest BCUT2D eigenvalue weighted by Gasteiger charge is 2.08. The zero-order chi connectivity index (χ0) is 15.4. The summed E-state index contributed by atoms with van der Waals surface area (Å²) < 4.78 is 0. The first-order valence-corrected chi connectivity index (χ1v) is 7.87. The molecule has 0 unspecified atom stereocenters. The van der Waals surface area contributed by atoms with Crippen LogP contribution in [0.15, 0.2) is 41.3 Å². The quantitative estimate of drug-likeness (QED) is 0.653. The molecule has 0 aliphatic heterocycles. The standard InChI is InChI=1S/C16H17ClN2OS/c1-10-6-7-12(18)8-15(10)21-9-16(20)19-14-5-3-4-13(17)11(14)2/h3-8H,9,18H2,1-2H3,(H,19,20). The molecule has 3 nitrogen and oxygen atoms in total. The Bertz CT molecular complexity index is 673. The van der Waals surface area contributed by atoms with Crippen molar-refractivity contribution in [1.82, 2.24) is 0 Å². The summed E-state index contributed by atoms with van der Waals surface area (Å²) in [5.41, 5.74) is 9.20. The van der Waals surface area contributed by atoms with Crippen molar-refractivity contribution in [2.75, 3.05) is 16.8 Å². The van der Waals surface area contributed by atoms with E-state index in [2.05, 4.69) is 5.32 Å². The Morgan fingerprint density at radius 3 is 2.81 bits per heavy atom. The molecular weight excluding hydrogens is 304 g/mol. The number of nitrogens with two attached hydrogens (primary N) is 1. The number of amides is 1. The summed E-state index contributed by atoms with van der Waals surface area (Å²) in [6, 6.07) is 11.2. The number of hydrogen-bond donors (Lipinski definition) is 2. The van der Waals surface area contributed by atoms with Crippen LogP contribution < -0.4 is 11.1 Å². The van der Waals surface area contributed by atoms with E-state index >= 15 is 0 Å². The van der Waals surface area contributed by atoms with Gasteiger partial charge in [0, 0.05) is 21.3 Å². The average Bonchev–Trinajstić information content (AvgIpc) is 2.45. The van der Waals surface area contributed by atoms with Crippen LogP contribution in [-0.4, -0.2) is 11.7 Å². The zero-order valence-electron chi connectivity index (χ0n) is 11.9. The first kappa shape index (κ1) is 15.7. The fraction of sp³-hybridized carbons (Fsp3) is 0.188. The fourth-order valence-electron chi connectivity index (χ4n) is 1.84. The predicted octanol–water partition coefficient (Wildman–Crippen LogP) is 4.27. The Hall–Kier alpha value is -1.65. The number of hydrogen-bond acceptors (Lipinski definition) is 3. The number of aryl methyl sites for hydroxylation is 1. The third kappa shape index (κ3) is 4.16. The number of anilines is 2. The smallest absolute Gasteiger partial charge is 0.234 e. The summed E-state index contributed by atoms with van der Waals surface area (Å²) in [6.07, 6.45) is 0. The van der Waals surface area contributed by atoms with Crippen LogP contribution in [0.2, 0.25) is 5.02 Å². The van der Waals surface area contributed by atoms with Crippen LogP contribution in [0.3, 0.4) is 0 Å². The minimum absolute atomic E-state index is 0.0628. The third-order valence-corrected chi connectivity index (χ3v) is 4.68. The summed E-state index contributed by atoms with van der Waals surface area (Å²) in [4.78, 5) is 13.1.